The third-order valence-electron chi connectivity index (χ3n) is 6.65. The molecule has 0 spiro atoms. The lowest BCUT2D eigenvalue weighted by Gasteiger charge is -2.38. The number of hydrogen-bond donors (Lipinski definition) is 2. The normalized spacial score (nSPS) is 12.0. The highest BCUT2D eigenvalue weighted by molar-refractivity contribution is 5.79. The van der Waals surface area contributed by atoms with Gasteiger partial charge in [-0.25, -0.2) is 0 Å². The SMILES string of the molecule is COC(=O)[C@H](Cc1ccc(OC(C)=O)c(OC(C)=O)c1)NC(CC=O)(CC=O)N[C@@H](Cc1ccc(OC(C)=O)c(OC(C)=O)c1)C(=O)OC. The summed E-state index contributed by atoms with van der Waals surface area (Å²) in [6.45, 7) is 4.61. The summed E-state index contributed by atoms with van der Waals surface area (Å²) in [5.74, 6) is -4.69. The molecule has 0 amide bonds. The van der Waals surface area contributed by atoms with E-state index in [1.807, 2.05) is 0 Å². The van der Waals surface area contributed by atoms with E-state index in [1.165, 1.54) is 36.4 Å². The third-order valence-corrected chi connectivity index (χ3v) is 6.65. The van der Waals surface area contributed by atoms with Crippen molar-refractivity contribution in [2.45, 2.75) is 71.1 Å². The Hall–Kier alpha value is -5.48. The number of carbonyl (C=O) groups is 8. The molecule has 0 saturated heterocycles. The van der Waals surface area contributed by atoms with Crippen LogP contribution in [0.25, 0.3) is 0 Å². The van der Waals surface area contributed by atoms with Gasteiger partial charge in [-0.2, -0.15) is 0 Å². The first kappa shape index (κ1) is 39.7. The maximum absolute atomic E-state index is 13.1. The van der Waals surface area contributed by atoms with Gasteiger partial charge in [0.05, 0.1) is 19.9 Å². The predicted octanol–water partition coefficient (Wildman–Crippen LogP) is 1.31. The number of hydrogen-bond acceptors (Lipinski definition) is 16. The molecule has 2 aromatic rings. The molecule has 0 fully saturated rings. The monoisotopic (exact) mass is 686 g/mol. The maximum atomic E-state index is 13.1. The second-order valence-corrected chi connectivity index (χ2v) is 10.6. The minimum Gasteiger partial charge on any atom is -0.468 e. The molecule has 0 aliphatic carbocycles. The summed E-state index contributed by atoms with van der Waals surface area (Å²) < 4.78 is 30.5. The van der Waals surface area contributed by atoms with Crippen molar-refractivity contribution in [3.63, 3.8) is 0 Å². The molecule has 2 rings (SSSR count). The van der Waals surface area contributed by atoms with Crippen molar-refractivity contribution < 1.29 is 66.8 Å². The van der Waals surface area contributed by atoms with Gasteiger partial charge >= 0.3 is 35.8 Å². The summed E-state index contributed by atoms with van der Waals surface area (Å²) in [5.41, 5.74) is -0.957. The van der Waals surface area contributed by atoms with Crippen LogP contribution in [0.15, 0.2) is 36.4 Å². The van der Waals surface area contributed by atoms with Crippen LogP contribution < -0.4 is 29.6 Å². The molecular weight excluding hydrogens is 648 g/mol. The molecular formula is C33H38N2O14. The number of ether oxygens (including phenoxy) is 6. The topological polar surface area (TPSA) is 216 Å². The fraction of sp³-hybridized carbons (Fsp3) is 0.394. The van der Waals surface area contributed by atoms with Crippen molar-refractivity contribution in [2.75, 3.05) is 14.2 Å². The molecule has 264 valence electrons. The smallest absolute Gasteiger partial charge is 0.323 e. The van der Waals surface area contributed by atoms with E-state index in [2.05, 4.69) is 10.6 Å². The Labute approximate surface area is 281 Å². The molecule has 16 nitrogen and oxygen atoms in total. The number of benzene rings is 2. The van der Waals surface area contributed by atoms with Crippen LogP contribution in [-0.4, -0.2) is 80.4 Å². The van der Waals surface area contributed by atoms with E-state index in [0.717, 1.165) is 41.9 Å². The number of rotatable bonds is 18. The van der Waals surface area contributed by atoms with Gasteiger partial charge in [0, 0.05) is 40.5 Å². The Morgan fingerprint density at radius 3 is 1.20 bits per heavy atom. The molecule has 0 aliphatic rings. The molecule has 0 aromatic heterocycles. The highest BCUT2D eigenvalue weighted by Crippen LogP contribution is 2.31. The summed E-state index contributed by atoms with van der Waals surface area (Å²) in [7, 11) is 2.24. The number of nitrogens with one attached hydrogen (secondary N) is 2. The van der Waals surface area contributed by atoms with Crippen molar-refractivity contribution in [1.29, 1.82) is 0 Å². The van der Waals surface area contributed by atoms with Crippen molar-refractivity contribution in [3.8, 4) is 23.0 Å². The fourth-order valence-corrected chi connectivity index (χ4v) is 4.76. The highest BCUT2D eigenvalue weighted by atomic mass is 16.6. The van der Waals surface area contributed by atoms with Crippen LogP contribution in [-0.2, 0) is 60.7 Å². The molecule has 0 aliphatic heterocycles. The first-order chi connectivity index (χ1) is 23.1. The molecule has 0 radical (unpaired) electrons. The minimum absolute atomic E-state index is 0.0504. The highest BCUT2D eigenvalue weighted by Gasteiger charge is 2.39. The molecule has 16 heteroatoms. The van der Waals surface area contributed by atoms with Gasteiger partial charge in [-0.1, -0.05) is 12.1 Å². The maximum Gasteiger partial charge on any atom is 0.323 e. The number of methoxy groups -OCH3 is 2. The number of esters is 6. The van der Waals surface area contributed by atoms with E-state index in [4.69, 9.17) is 28.4 Å². The van der Waals surface area contributed by atoms with Crippen molar-refractivity contribution in [3.05, 3.63) is 47.5 Å². The van der Waals surface area contributed by atoms with Crippen molar-refractivity contribution in [2.24, 2.45) is 0 Å². The van der Waals surface area contributed by atoms with E-state index >= 15 is 0 Å². The van der Waals surface area contributed by atoms with Crippen LogP contribution >= 0.6 is 0 Å². The van der Waals surface area contributed by atoms with E-state index in [1.54, 1.807) is 0 Å². The van der Waals surface area contributed by atoms with E-state index in [0.29, 0.717) is 23.7 Å². The summed E-state index contributed by atoms with van der Waals surface area (Å²) in [5, 5.41) is 5.93. The van der Waals surface area contributed by atoms with Gasteiger partial charge in [0.25, 0.3) is 0 Å². The largest absolute Gasteiger partial charge is 0.468 e. The van der Waals surface area contributed by atoms with E-state index in [9.17, 15) is 38.4 Å². The Kier molecular flexibility index (Phi) is 15.2. The van der Waals surface area contributed by atoms with Gasteiger partial charge < -0.3 is 38.0 Å². The summed E-state index contributed by atoms with van der Waals surface area (Å²) in [6, 6.07) is 5.90. The fourth-order valence-electron chi connectivity index (χ4n) is 4.76. The zero-order valence-corrected chi connectivity index (χ0v) is 27.8. The molecule has 2 N–H and O–H groups in total. The Bertz CT molecular complexity index is 1450. The van der Waals surface area contributed by atoms with Crippen LogP contribution in [0.5, 0.6) is 23.0 Å². The standard InChI is InChI=1S/C33H38N2O14/c1-19(38)46-27-9-7-23(17-29(27)48-21(3)40)15-25(31(42)44-5)34-33(11-13-36,12-14-37)35-26(32(43)45-6)16-24-8-10-28(47-20(2)39)30(18-24)49-22(4)41/h7-10,13-14,17-18,25-26,34-35H,11-12,15-16H2,1-6H3/t25-,26-/m0/s1. The van der Waals surface area contributed by atoms with Crippen molar-refractivity contribution in [1.82, 2.24) is 10.6 Å². The Morgan fingerprint density at radius 1 is 0.592 bits per heavy atom. The van der Waals surface area contributed by atoms with Crippen LogP contribution in [0.4, 0.5) is 0 Å². The molecule has 49 heavy (non-hydrogen) atoms. The van der Waals surface area contributed by atoms with Gasteiger partial charge in [0.15, 0.2) is 23.0 Å². The Morgan fingerprint density at radius 2 is 0.918 bits per heavy atom. The van der Waals surface area contributed by atoms with E-state index in [-0.39, 0.29) is 35.8 Å². The lowest BCUT2D eigenvalue weighted by atomic mass is 9.95. The second-order valence-electron chi connectivity index (χ2n) is 10.6. The molecule has 0 bridgehead atoms. The quantitative estimate of drug-likeness (QED) is 0.0978. The van der Waals surface area contributed by atoms with Crippen molar-refractivity contribution >= 4 is 48.4 Å². The van der Waals surface area contributed by atoms with Gasteiger partial charge in [0.2, 0.25) is 0 Å². The lowest BCUT2D eigenvalue weighted by molar-refractivity contribution is -0.146. The number of aldehydes is 2. The van der Waals surface area contributed by atoms with Gasteiger partial charge in [-0.05, 0) is 48.2 Å². The lowest BCUT2D eigenvalue weighted by Crippen LogP contribution is -2.66. The van der Waals surface area contributed by atoms with Crippen LogP contribution in [0.1, 0.15) is 51.7 Å². The van der Waals surface area contributed by atoms with Crippen LogP contribution in [0.3, 0.4) is 0 Å². The second kappa shape index (κ2) is 18.8. The first-order valence-electron chi connectivity index (χ1n) is 14.7. The summed E-state index contributed by atoms with van der Waals surface area (Å²) in [4.78, 5) is 96.6. The average Bonchev–Trinajstić information content (AvgIpc) is 3.01. The Balaban J connectivity index is 2.55. The first-order valence-corrected chi connectivity index (χ1v) is 14.7. The minimum atomic E-state index is -1.73. The van der Waals surface area contributed by atoms with Gasteiger partial charge in [-0.3, -0.25) is 39.4 Å². The number of carbonyl (C=O) groups excluding carboxylic acids is 8. The van der Waals surface area contributed by atoms with E-state index < -0.39 is 66.4 Å². The molecule has 2 aromatic carbocycles. The average molecular weight is 687 g/mol. The molecule has 0 heterocycles. The summed E-state index contributed by atoms with van der Waals surface area (Å²) >= 11 is 0. The van der Waals surface area contributed by atoms with Crippen LogP contribution in [0, 0.1) is 0 Å². The van der Waals surface area contributed by atoms with Gasteiger partial charge in [-0.15, -0.1) is 0 Å². The third kappa shape index (κ3) is 12.6. The molecule has 0 saturated carbocycles. The molecule has 0 unspecified atom stereocenters. The van der Waals surface area contributed by atoms with Gasteiger partial charge in [0.1, 0.15) is 24.7 Å². The zero-order valence-electron chi connectivity index (χ0n) is 27.8. The zero-order chi connectivity index (χ0) is 36.7. The van der Waals surface area contributed by atoms with Crippen LogP contribution in [0.2, 0.25) is 0 Å². The summed E-state index contributed by atoms with van der Waals surface area (Å²) in [6.07, 6.45) is -0.220. The molecule has 2 atom stereocenters. The predicted molar refractivity (Wildman–Crippen MR) is 168 cm³/mol.